The molecule has 3 heteroatoms. The van der Waals surface area contributed by atoms with Gasteiger partial charge in [0, 0.05) is 11.0 Å². The second kappa shape index (κ2) is 9.97. The predicted octanol–water partition coefficient (Wildman–Crippen LogP) is 8.25. The van der Waals surface area contributed by atoms with Gasteiger partial charge in [0.2, 0.25) is 0 Å². The molecule has 184 valence electrons. The summed E-state index contributed by atoms with van der Waals surface area (Å²) in [6.07, 6.45) is 11.8. The molecule has 3 aromatic rings. The van der Waals surface area contributed by atoms with Gasteiger partial charge in [0.05, 0.1) is 0 Å². The molecule has 0 unspecified atom stereocenters. The summed E-state index contributed by atoms with van der Waals surface area (Å²) in [6.45, 7) is 2.16. The summed E-state index contributed by atoms with van der Waals surface area (Å²) in [5.74, 6) is 1.74. The van der Waals surface area contributed by atoms with Crippen LogP contribution in [-0.2, 0) is 5.41 Å². The molecular formula is C32H38O3. The number of phenols is 3. The molecule has 0 amide bonds. The van der Waals surface area contributed by atoms with Crippen molar-refractivity contribution >= 4 is 0 Å². The topological polar surface area (TPSA) is 60.7 Å². The van der Waals surface area contributed by atoms with E-state index in [9.17, 15) is 15.3 Å². The Bertz CT molecular complexity index is 1100. The maximum Gasteiger partial charge on any atom is 0.120 e. The largest absolute Gasteiger partial charge is 0.508 e. The Hall–Kier alpha value is -2.94. The van der Waals surface area contributed by atoms with Gasteiger partial charge in [-0.05, 0) is 84.9 Å². The third-order valence-electron chi connectivity index (χ3n) is 8.74. The zero-order valence-corrected chi connectivity index (χ0v) is 20.8. The second-order valence-corrected chi connectivity index (χ2v) is 10.9. The van der Waals surface area contributed by atoms with E-state index in [1.165, 1.54) is 38.5 Å². The first kappa shape index (κ1) is 23.8. The van der Waals surface area contributed by atoms with Crippen LogP contribution in [0.2, 0.25) is 0 Å². The van der Waals surface area contributed by atoms with Crippen LogP contribution in [0.15, 0.2) is 60.7 Å². The van der Waals surface area contributed by atoms with Crippen molar-refractivity contribution < 1.29 is 15.3 Å². The van der Waals surface area contributed by atoms with Gasteiger partial charge >= 0.3 is 0 Å². The lowest BCUT2D eigenvalue weighted by Crippen LogP contribution is -2.26. The van der Waals surface area contributed by atoms with Crippen molar-refractivity contribution in [3.63, 3.8) is 0 Å². The maximum atomic E-state index is 11.0. The van der Waals surface area contributed by atoms with Gasteiger partial charge in [0.1, 0.15) is 17.2 Å². The molecule has 3 N–H and O–H groups in total. The van der Waals surface area contributed by atoms with Crippen LogP contribution < -0.4 is 0 Å². The highest BCUT2D eigenvalue weighted by Crippen LogP contribution is 2.47. The van der Waals surface area contributed by atoms with Crippen LogP contribution in [-0.4, -0.2) is 15.3 Å². The van der Waals surface area contributed by atoms with E-state index in [2.05, 4.69) is 19.1 Å². The molecule has 0 aromatic heterocycles. The molecule has 5 rings (SSSR count). The quantitative estimate of drug-likeness (QED) is 0.329. The minimum absolute atomic E-state index is 0.259. The Kier molecular flexibility index (Phi) is 6.77. The summed E-state index contributed by atoms with van der Waals surface area (Å²) in [5, 5.41) is 32.6. The van der Waals surface area contributed by atoms with Crippen LogP contribution >= 0.6 is 0 Å². The first-order valence-corrected chi connectivity index (χ1v) is 13.4. The lowest BCUT2D eigenvalue weighted by molar-refractivity contribution is 0.412. The third-order valence-corrected chi connectivity index (χ3v) is 8.74. The average molecular weight is 471 g/mol. The summed E-state index contributed by atoms with van der Waals surface area (Å²) < 4.78 is 0. The second-order valence-electron chi connectivity index (χ2n) is 10.9. The predicted molar refractivity (Wildman–Crippen MR) is 142 cm³/mol. The van der Waals surface area contributed by atoms with E-state index in [4.69, 9.17) is 0 Å². The molecule has 0 bridgehead atoms. The highest BCUT2D eigenvalue weighted by Gasteiger charge is 2.36. The zero-order chi connectivity index (χ0) is 24.4. The monoisotopic (exact) mass is 470 g/mol. The Morgan fingerprint density at radius 3 is 1.49 bits per heavy atom. The SMILES string of the molecule is CC(c1ccc(O)c(C2CCCCC2)c1)(c1ccc(O)c(C2CCCCC2)c1)c1ccccc1O. The molecule has 0 radical (unpaired) electrons. The van der Waals surface area contributed by atoms with E-state index >= 15 is 0 Å². The number of hydrogen-bond acceptors (Lipinski definition) is 3. The average Bonchev–Trinajstić information content (AvgIpc) is 2.90. The molecule has 2 aliphatic rings. The maximum absolute atomic E-state index is 11.0. The molecule has 3 aromatic carbocycles. The van der Waals surface area contributed by atoms with Gasteiger partial charge < -0.3 is 15.3 Å². The molecule has 2 fully saturated rings. The smallest absolute Gasteiger partial charge is 0.120 e. The Labute approximate surface area is 209 Å². The summed E-state index contributed by atoms with van der Waals surface area (Å²) in [4.78, 5) is 0. The molecule has 0 saturated heterocycles. The lowest BCUT2D eigenvalue weighted by atomic mass is 9.68. The number of phenolic OH excluding ortho intramolecular Hbond substituents is 3. The van der Waals surface area contributed by atoms with E-state index in [-0.39, 0.29) is 5.75 Å². The highest BCUT2D eigenvalue weighted by atomic mass is 16.3. The minimum atomic E-state index is -0.639. The number of para-hydroxylation sites is 1. The van der Waals surface area contributed by atoms with Crippen molar-refractivity contribution in [2.45, 2.75) is 88.4 Å². The first-order valence-electron chi connectivity index (χ1n) is 13.4. The van der Waals surface area contributed by atoms with Crippen molar-refractivity contribution in [1.82, 2.24) is 0 Å². The summed E-state index contributed by atoms with van der Waals surface area (Å²) in [5.41, 5.74) is 4.35. The fourth-order valence-electron chi connectivity index (χ4n) is 6.59. The van der Waals surface area contributed by atoms with Crippen LogP contribution in [0.25, 0.3) is 0 Å². The van der Waals surface area contributed by atoms with E-state index < -0.39 is 5.41 Å². The van der Waals surface area contributed by atoms with Gasteiger partial charge in [0.25, 0.3) is 0 Å². The van der Waals surface area contributed by atoms with E-state index in [1.807, 2.05) is 42.5 Å². The van der Waals surface area contributed by atoms with E-state index in [1.54, 1.807) is 6.07 Å². The van der Waals surface area contributed by atoms with Crippen molar-refractivity contribution in [3.8, 4) is 17.2 Å². The number of aromatic hydroxyl groups is 3. The highest BCUT2D eigenvalue weighted by molar-refractivity contribution is 5.58. The summed E-state index contributed by atoms with van der Waals surface area (Å²) in [7, 11) is 0. The number of hydrogen-bond donors (Lipinski definition) is 3. The van der Waals surface area contributed by atoms with Crippen LogP contribution in [0.4, 0.5) is 0 Å². The normalized spacial score (nSPS) is 18.0. The Balaban J connectivity index is 1.67. The lowest BCUT2D eigenvalue weighted by Gasteiger charge is -2.35. The molecule has 2 saturated carbocycles. The van der Waals surface area contributed by atoms with Gasteiger partial charge in [-0.1, -0.05) is 81.0 Å². The molecule has 0 aliphatic heterocycles. The molecule has 0 spiro atoms. The molecule has 0 heterocycles. The molecule has 35 heavy (non-hydrogen) atoms. The van der Waals surface area contributed by atoms with Crippen LogP contribution in [0.3, 0.4) is 0 Å². The van der Waals surface area contributed by atoms with Gasteiger partial charge in [-0.15, -0.1) is 0 Å². The zero-order valence-electron chi connectivity index (χ0n) is 20.8. The van der Waals surface area contributed by atoms with Crippen molar-refractivity contribution in [2.24, 2.45) is 0 Å². The minimum Gasteiger partial charge on any atom is -0.508 e. The molecule has 2 aliphatic carbocycles. The number of rotatable bonds is 5. The molecule has 0 atom stereocenters. The number of benzene rings is 3. The van der Waals surface area contributed by atoms with Gasteiger partial charge in [-0.25, -0.2) is 0 Å². The fraction of sp³-hybridized carbons (Fsp3) is 0.438. The van der Waals surface area contributed by atoms with Crippen molar-refractivity contribution in [3.05, 3.63) is 88.5 Å². The standard InChI is InChI=1S/C32H38O3/c1-32(28-14-8-9-15-31(28)35,24-16-18-29(33)26(20-24)22-10-4-2-5-11-22)25-17-19-30(34)27(21-25)23-12-6-3-7-13-23/h8-9,14-23,33-35H,2-7,10-13H2,1H3. The van der Waals surface area contributed by atoms with Crippen LogP contribution in [0.1, 0.15) is 111 Å². The summed E-state index contributed by atoms with van der Waals surface area (Å²) >= 11 is 0. The summed E-state index contributed by atoms with van der Waals surface area (Å²) in [6, 6.07) is 19.6. The van der Waals surface area contributed by atoms with Crippen molar-refractivity contribution in [2.75, 3.05) is 0 Å². The van der Waals surface area contributed by atoms with Crippen LogP contribution in [0.5, 0.6) is 17.2 Å². The molecule has 3 nitrogen and oxygen atoms in total. The van der Waals surface area contributed by atoms with Gasteiger partial charge in [-0.3, -0.25) is 0 Å². The Morgan fingerprint density at radius 2 is 1.03 bits per heavy atom. The third kappa shape index (κ3) is 4.53. The van der Waals surface area contributed by atoms with Crippen molar-refractivity contribution in [1.29, 1.82) is 0 Å². The Morgan fingerprint density at radius 1 is 0.571 bits per heavy atom. The fourth-order valence-corrected chi connectivity index (χ4v) is 6.59. The molecular weight excluding hydrogens is 432 g/mol. The van der Waals surface area contributed by atoms with Gasteiger partial charge in [0.15, 0.2) is 0 Å². The van der Waals surface area contributed by atoms with Crippen LogP contribution in [0, 0.1) is 0 Å². The van der Waals surface area contributed by atoms with Gasteiger partial charge in [-0.2, -0.15) is 0 Å². The van der Waals surface area contributed by atoms with E-state index in [0.717, 1.165) is 53.5 Å². The van der Waals surface area contributed by atoms with E-state index in [0.29, 0.717) is 23.3 Å². The first-order chi connectivity index (χ1) is 17.0.